The van der Waals surface area contributed by atoms with Crippen molar-refractivity contribution in [3.8, 4) is 0 Å². The molecule has 0 unspecified atom stereocenters. The first-order valence-corrected chi connectivity index (χ1v) is 6.07. The van der Waals surface area contributed by atoms with Gasteiger partial charge < -0.3 is 10.0 Å². The van der Waals surface area contributed by atoms with E-state index in [0.717, 1.165) is 30.2 Å². The van der Waals surface area contributed by atoms with Crippen molar-refractivity contribution in [1.29, 1.82) is 0 Å². The summed E-state index contributed by atoms with van der Waals surface area (Å²) in [5.74, 6) is 1.45. The first kappa shape index (κ1) is 11.4. The highest BCUT2D eigenvalue weighted by atomic mass is 16.3. The van der Waals surface area contributed by atoms with Crippen LogP contribution < -0.4 is 4.90 Å². The van der Waals surface area contributed by atoms with E-state index in [2.05, 4.69) is 23.7 Å². The average Bonchev–Trinajstić information content (AvgIpc) is 2.81. The molecule has 1 saturated heterocycles. The fourth-order valence-corrected chi connectivity index (χ4v) is 2.09. The lowest BCUT2D eigenvalue weighted by atomic mass is 10.1. The first-order valence-electron chi connectivity index (χ1n) is 6.07. The van der Waals surface area contributed by atoms with Crippen molar-refractivity contribution in [2.75, 3.05) is 18.0 Å². The lowest BCUT2D eigenvalue weighted by molar-refractivity contribution is 0.281. The molecule has 1 N–H and O–H groups in total. The van der Waals surface area contributed by atoms with Crippen LogP contribution in [-0.4, -0.2) is 23.2 Å². The van der Waals surface area contributed by atoms with Crippen LogP contribution in [-0.2, 0) is 6.61 Å². The molecule has 2 heterocycles. The summed E-state index contributed by atoms with van der Waals surface area (Å²) in [6.45, 7) is 6.57. The molecular formula is C13H20N2O. The third-order valence-corrected chi connectivity index (χ3v) is 3.10. The van der Waals surface area contributed by atoms with Gasteiger partial charge in [-0.2, -0.15) is 0 Å². The SMILES string of the molecule is CC(C)c1cc(CO)cc(N2CCCC2)n1. The van der Waals surface area contributed by atoms with Gasteiger partial charge in [0.15, 0.2) is 0 Å². The summed E-state index contributed by atoms with van der Waals surface area (Å²) >= 11 is 0. The molecular weight excluding hydrogens is 200 g/mol. The molecule has 1 aromatic rings. The molecule has 1 aliphatic rings. The molecule has 0 spiro atoms. The van der Waals surface area contributed by atoms with Gasteiger partial charge in [0.25, 0.3) is 0 Å². The standard InChI is InChI=1S/C13H20N2O/c1-10(2)12-7-11(9-16)8-13(14-12)15-5-3-4-6-15/h7-8,10,16H,3-6,9H2,1-2H3. The van der Waals surface area contributed by atoms with E-state index in [-0.39, 0.29) is 6.61 Å². The van der Waals surface area contributed by atoms with E-state index in [9.17, 15) is 5.11 Å². The number of aliphatic hydroxyl groups is 1. The molecule has 3 heteroatoms. The molecule has 16 heavy (non-hydrogen) atoms. The second-order valence-corrected chi connectivity index (χ2v) is 4.77. The van der Waals surface area contributed by atoms with Crippen LogP contribution in [0.1, 0.15) is 43.9 Å². The van der Waals surface area contributed by atoms with Crippen LogP contribution >= 0.6 is 0 Å². The Morgan fingerprint density at radius 3 is 2.56 bits per heavy atom. The van der Waals surface area contributed by atoms with Crippen LogP contribution in [0.2, 0.25) is 0 Å². The maximum absolute atomic E-state index is 9.26. The number of hydrogen-bond acceptors (Lipinski definition) is 3. The number of aliphatic hydroxyl groups excluding tert-OH is 1. The topological polar surface area (TPSA) is 36.4 Å². The van der Waals surface area contributed by atoms with E-state index in [4.69, 9.17) is 0 Å². The van der Waals surface area contributed by atoms with Gasteiger partial charge in [-0.25, -0.2) is 4.98 Å². The maximum atomic E-state index is 9.26. The van der Waals surface area contributed by atoms with E-state index in [1.807, 2.05) is 12.1 Å². The molecule has 1 aliphatic heterocycles. The predicted octanol–water partition coefficient (Wildman–Crippen LogP) is 2.30. The van der Waals surface area contributed by atoms with Crippen LogP contribution in [0.3, 0.4) is 0 Å². The Morgan fingerprint density at radius 2 is 2.00 bits per heavy atom. The zero-order valence-corrected chi connectivity index (χ0v) is 10.1. The van der Waals surface area contributed by atoms with Crippen molar-refractivity contribution in [3.05, 3.63) is 23.4 Å². The van der Waals surface area contributed by atoms with Crippen LogP contribution in [0.25, 0.3) is 0 Å². The fraction of sp³-hybridized carbons (Fsp3) is 0.615. The molecule has 3 nitrogen and oxygen atoms in total. The molecule has 1 fully saturated rings. The van der Waals surface area contributed by atoms with Crippen LogP contribution in [0, 0.1) is 0 Å². The third-order valence-electron chi connectivity index (χ3n) is 3.10. The van der Waals surface area contributed by atoms with E-state index in [1.165, 1.54) is 12.8 Å². The number of hydrogen-bond donors (Lipinski definition) is 1. The molecule has 0 amide bonds. The summed E-state index contributed by atoms with van der Waals surface area (Å²) < 4.78 is 0. The van der Waals surface area contributed by atoms with Crippen LogP contribution in [0.5, 0.6) is 0 Å². The van der Waals surface area contributed by atoms with Gasteiger partial charge in [-0.1, -0.05) is 13.8 Å². The molecule has 0 radical (unpaired) electrons. The quantitative estimate of drug-likeness (QED) is 0.849. The lowest BCUT2D eigenvalue weighted by Gasteiger charge is -2.19. The van der Waals surface area contributed by atoms with Gasteiger partial charge in [-0.15, -0.1) is 0 Å². The van der Waals surface area contributed by atoms with Gasteiger partial charge in [0.1, 0.15) is 5.82 Å². The van der Waals surface area contributed by atoms with Crippen LogP contribution in [0.4, 0.5) is 5.82 Å². The average molecular weight is 220 g/mol. The Morgan fingerprint density at radius 1 is 1.31 bits per heavy atom. The molecule has 2 rings (SSSR count). The van der Waals surface area contributed by atoms with E-state index in [0.29, 0.717) is 5.92 Å². The first-order chi connectivity index (χ1) is 7.70. The van der Waals surface area contributed by atoms with Crippen molar-refractivity contribution in [3.63, 3.8) is 0 Å². The highest BCUT2D eigenvalue weighted by Gasteiger charge is 2.15. The second-order valence-electron chi connectivity index (χ2n) is 4.77. The normalized spacial score (nSPS) is 16.1. The van der Waals surface area contributed by atoms with E-state index < -0.39 is 0 Å². The Balaban J connectivity index is 2.32. The van der Waals surface area contributed by atoms with Crippen LogP contribution in [0.15, 0.2) is 12.1 Å². The Labute approximate surface area is 97.1 Å². The number of pyridine rings is 1. The highest BCUT2D eigenvalue weighted by molar-refractivity contribution is 5.43. The Hall–Kier alpha value is -1.09. The Kier molecular flexibility index (Phi) is 3.44. The van der Waals surface area contributed by atoms with Gasteiger partial charge >= 0.3 is 0 Å². The summed E-state index contributed by atoms with van der Waals surface area (Å²) in [7, 11) is 0. The summed E-state index contributed by atoms with van der Waals surface area (Å²) in [5.41, 5.74) is 2.05. The summed E-state index contributed by atoms with van der Waals surface area (Å²) in [6.07, 6.45) is 2.50. The van der Waals surface area contributed by atoms with Gasteiger partial charge in [0.2, 0.25) is 0 Å². The van der Waals surface area contributed by atoms with Gasteiger partial charge in [0, 0.05) is 18.8 Å². The minimum absolute atomic E-state index is 0.100. The number of nitrogens with zero attached hydrogens (tertiary/aromatic N) is 2. The minimum Gasteiger partial charge on any atom is -0.392 e. The highest BCUT2D eigenvalue weighted by Crippen LogP contribution is 2.23. The van der Waals surface area contributed by atoms with Crippen molar-refractivity contribution in [2.45, 2.75) is 39.2 Å². The van der Waals surface area contributed by atoms with Crippen molar-refractivity contribution in [2.24, 2.45) is 0 Å². The molecule has 0 aromatic carbocycles. The van der Waals surface area contributed by atoms with Gasteiger partial charge in [-0.3, -0.25) is 0 Å². The maximum Gasteiger partial charge on any atom is 0.129 e. The summed E-state index contributed by atoms with van der Waals surface area (Å²) in [5, 5.41) is 9.26. The number of aromatic nitrogens is 1. The smallest absolute Gasteiger partial charge is 0.129 e. The Bertz CT molecular complexity index is 357. The monoisotopic (exact) mass is 220 g/mol. The lowest BCUT2D eigenvalue weighted by Crippen LogP contribution is -2.20. The molecule has 0 aliphatic carbocycles. The molecule has 1 aromatic heterocycles. The van der Waals surface area contributed by atoms with E-state index >= 15 is 0 Å². The van der Waals surface area contributed by atoms with Gasteiger partial charge in [-0.05, 0) is 36.5 Å². The molecule has 0 bridgehead atoms. The molecule has 0 atom stereocenters. The summed E-state index contributed by atoms with van der Waals surface area (Å²) in [4.78, 5) is 6.99. The van der Waals surface area contributed by atoms with Crippen molar-refractivity contribution < 1.29 is 5.11 Å². The predicted molar refractivity (Wildman–Crippen MR) is 65.7 cm³/mol. The zero-order valence-electron chi connectivity index (χ0n) is 10.1. The largest absolute Gasteiger partial charge is 0.392 e. The van der Waals surface area contributed by atoms with Crippen molar-refractivity contribution >= 4 is 5.82 Å². The number of rotatable bonds is 3. The van der Waals surface area contributed by atoms with Crippen molar-refractivity contribution in [1.82, 2.24) is 4.98 Å². The second kappa shape index (κ2) is 4.83. The van der Waals surface area contributed by atoms with Gasteiger partial charge in [0.05, 0.1) is 6.61 Å². The third kappa shape index (κ3) is 2.35. The van der Waals surface area contributed by atoms with E-state index in [1.54, 1.807) is 0 Å². The summed E-state index contributed by atoms with van der Waals surface area (Å²) in [6, 6.07) is 4.02. The minimum atomic E-state index is 0.100. The number of anilines is 1. The molecule has 0 saturated carbocycles. The zero-order chi connectivity index (χ0) is 11.5. The fourth-order valence-electron chi connectivity index (χ4n) is 2.09. The molecule has 88 valence electrons.